The molecule has 5 heteroatoms. The van der Waals surface area contributed by atoms with E-state index in [0.717, 1.165) is 30.5 Å². The van der Waals surface area contributed by atoms with Crippen LogP contribution in [0.1, 0.15) is 17.5 Å². The number of nitrogens with zero attached hydrogens (tertiary/aromatic N) is 1. The summed E-state index contributed by atoms with van der Waals surface area (Å²) < 4.78 is 5.05. The molecule has 3 rings (SSSR count). The van der Waals surface area contributed by atoms with Crippen molar-refractivity contribution in [3.05, 3.63) is 71.9 Å². The van der Waals surface area contributed by atoms with Crippen LogP contribution in [-0.4, -0.2) is 49.1 Å². The number of hydrogen-bond donors (Lipinski definition) is 2. The van der Waals surface area contributed by atoms with Gasteiger partial charge in [-0.2, -0.15) is 0 Å². The van der Waals surface area contributed by atoms with Gasteiger partial charge in [0.05, 0.1) is 6.54 Å². The molecule has 2 N–H and O–H groups in total. The Hall–Kier alpha value is -2.63. The molecule has 0 atom stereocenters. The van der Waals surface area contributed by atoms with Crippen LogP contribution < -0.4 is 5.32 Å². The van der Waals surface area contributed by atoms with Gasteiger partial charge >= 0.3 is 0 Å². The van der Waals surface area contributed by atoms with Crippen LogP contribution in [0.25, 0.3) is 10.9 Å². The second kappa shape index (κ2) is 10.6. The molecule has 0 radical (unpaired) electrons. The molecule has 1 aromatic heterocycles. The molecule has 0 saturated carbocycles. The molecule has 0 unspecified atom stereocenters. The Morgan fingerprint density at radius 3 is 2.71 bits per heavy atom. The van der Waals surface area contributed by atoms with E-state index in [0.29, 0.717) is 26.2 Å². The zero-order valence-corrected chi connectivity index (χ0v) is 16.5. The first kappa shape index (κ1) is 20.1. The lowest BCUT2D eigenvalue weighted by Gasteiger charge is -2.23. The van der Waals surface area contributed by atoms with Crippen LogP contribution in [-0.2, 0) is 22.5 Å². The molecule has 0 bridgehead atoms. The Balaban J connectivity index is 1.62. The summed E-state index contributed by atoms with van der Waals surface area (Å²) >= 11 is 0. The average molecular weight is 380 g/mol. The lowest BCUT2D eigenvalue weighted by Crippen LogP contribution is -2.39. The average Bonchev–Trinajstić information content (AvgIpc) is 3.14. The Labute approximate surface area is 166 Å². The maximum absolute atomic E-state index is 12.8. The number of para-hydroxylation sites is 1. The number of ether oxygens (including phenoxy) is 1. The van der Waals surface area contributed by atoms with Crippen molar-refractivity contribution in [2.24, 2.45) is 0 Å². The number of fused-ring (bicyclic) bond motifs is 1. The van der Waals surface area contributed by atoms with Crippen LogP contribution in [0.2, 0.25) is 0 Å². The maximum atomic E-state index is 12.8. The predicted octanol–water partition coefficient (Wildman–Crippen LogP) is 3.37. The first-order chi connectivity index (χ1) is 13.8. The van der Waals surface area contributed by atoms with Crippen LogP contribution >= 0.6 is 0 Å². The molecule has 5 nitrogen and oxygen atoms in total. The fourth-order valence-corrected chi connectivity index (χ4v) is 3.34. The van der Waals surface area contributed by atoms with Gasteiger partial charge in [-0.15, -0.1) is 0 Å². The lowest BCUT2D eigenvalue weighted by atomic mass is 10.1. The summed E-state index contributed by atoms with van der Waals surface area (Å²) in [5.74, 6) is 0.126. The SMILES string of the molecule is COCCCNCC(=O)N(CCc1c[nH]c2ccccc12)Cc1ccccc1. The van der Waals surface area contributed by atoms with E-state index in [-0.39, 0.29) is 5.91 Å². The normalized spacial score (nSPS) is 11.0. The van der Waals surface area contributed by atoms with Crippen LogP contribution in [0.5, 0.6) is 0 Å². The summed E-state index contributed by atoms with van der Waals surface area (Å²) in [7, 11) is 1.69. The van der Waals surface area contributed by atoms with Gasteiger partial charge < -0.3 is 19.9 Å². The van der Waals surface area contributed by atoms with E-state index in [2.05, 4.69) is 46.8 Å². The van der Waals surface area contributed by atoms with E-state index in [4.69, 9.17) is 4.74 Å². The van der Waals surface area contributed by atoms with E-state index < -0.39 is 0 Å². The van der Waals surface area contributed by atoms with Crippen molar-refractivity contribution in [1.82, 2.24) is 15.2 Å². The predicted molar refractivity (Wildman–Crippen MR) is 113 cm³/mol. The number of rotatable bonds is 11. The van der Waals surface area contributed by atoms with Gasteiger partial charge in [-0.1, -0.05) is 48.5 Å². The van der Waals surface area contributed by atoms with Crippen molar-refractivity contribution in [3.63, 3.8) is 0 Å². The van der Waals surface area contributed by atoms with Crippen molar-refractivity contribution in [2.45, 2.75) is 19.4 Å². The summed E-state index contributed by atoms with van der Waals surface area (Å²) in [5, 5.41) is 4.46. The Morgan fingerprint density at radius 2 is 1.89 bits per heavy atom. The van der Waals surface area contributed by atoms with E-state index in [9.17, 15) is 4.79 Å². The number of amides is 1. The Morgan fingerprint density at radius 1 is 1.11 bits per heavy atom. The molecule has 3 aromatic rings. The molecular formula is C23H29N3O2. The van der Waals surface area contributed by atoms with Crippen molar-refractivity contribution < 1.29 is 9.53 Å². The Kier molecular flexibility index (Phi) is 7.64. The molecule has 148 valence electrons. The van der Waals surface area contributed by atoms with Gasteiger partial charge in [0.2, 0.25) is 5.91 Å². The molecule has 0 spiro atoms. The molecule has 0 aliphatic carbocycles. The summed E-state index contributed by atoms with van der Waals surface area (Å²) in [4.78, 5) is 18.1. The van der Waals surface area contributed by atoms with Gasteiger partial charge in [-0.3, -0.25) is 4.79 Å². The smallest absolute Gasteiger partial charge is 0.236 e. The van der Waals surface area contributed by atoms with Crippen molar-refractivity contribution in [2.75, 3.05) is 33.4 Å². The first-order valence-corrected chi connectivity index (χ1v) is 9.84. The lowest BCUT2D eigenvalue weighted by molar-refractivity contribution is -0.130. The highest BCUT2D eigenvalue weighted by atomic mass is 16.5. The summed E-state index contributed by atoms with van der Waals surface area (Å²) in [6.07, 6.45) is 3.78. The number of H-pyrrole nitrogens is 1. The van der Waals surface area contributed by atoms with E-state index in [1.807, 2.05) is 29.2 Å². The van der Waals surface area contributed by atoms with E-state index in [1.54, 1.807) is 7.11 Å². The van der Waals surface area contributed by atoms with E-state index >= 15 is 0 Å². The number of nitrogens with one attached hydrogen (secondary N) is 2. The van der Waals surface area contributed by atoms with E-state index in [1.165, 1.54) is 10.9 Å². The third-order valence-electron chi connectivity index (χ3n) is 4.87. The maximum Gasteiger partial charge on any atom is 0.236 e. The largest absolute Gasteiger partial charge is 0.385 e. The second-order valence-electron chi connectivity index (χ2n) is 6.93. The monoisotopic (exact) mass is 379 g/mol. The highest BCUT2D eigenvalue weighted by molar-refractivity contribution is 5.83. The minimum absolute atomic E-state index is 0.126. The van der Waals surface area contributed by atoms with Gasteiger partial charge in [-0.05, 0) is 36.6 Å². The zero-order valence-electron chi connectivity index (χ0n) is 16.5. The van der Waals surface area contributed by atoms with Gasteiger partial charge in [0.1, 0.15) is 0 Å². The fourth-order valence-electron chi connectivity index (χ4n) is 3.34. The van der Waals surface area contributed by atoms with Gasteiger partial charge in [0.15, 0.2) is 0 Å². The molecule has 0 aliphatic rings. The summed E-state index contributed by atoms with van der Waals surface area (Å²) in [6.45, 7) is 3.15. The third kappa shape index (κ3) is 5.68. The van der Waals surface area contributed by atoms with Crippen LogP contribution in [0.3, 0.4) is 0 Å². The van der Waals surface area contributed by atoms with Crippen molar-refractivity contribution in [3.8, 4) is 0 Å². The first-order valence-electron chi connectivity index (χ1n) is 9.84. The molecular weight excluding hydrogens is 350 g/mol. The van der Waals surface area contributed by atoms with Crippen molar-refractivity contribution >= 4 is 16.8 Å². The number of aromatic amines is 1. The molecule has 0 aliphatic heterocycles. The number of carbonyl (C=O) groups excluding carboxylic acids is 1. The molecule has 0 fully saturated rings. The molecule has 1 amide bonds. The number of benzene rings is 2. The minimum atomic E-state index is 0.126. The molecule has 1 heterocycles. The molecule has 2 aromatic carbocycles. The van der Waals surface area contributed by atoms with Crippen LogP contribution in [0.15, 0.2) is 60.8 Å². The fraction of sp³-hybridized carbons (Fsp3) is 0.348. The number of hydrogen-bond acceptors (Lipinski definition) is 3. The van der Waals surface area contributed by atoms with Gasteiger partial charge in [0.25, 0.3) is 0 Å². The minimum Gasteiger partial charge on any atom is -0.385 e. The topological polar surface area (TPSA) is 57.4 Å². The quantitative estimate of drug-likeness (QED) is 0.502. The molecule has 0 saturated heterocycles. The van der Waals surface area contributed by atoms with Crippen LogP contribution in [0.4, 0.5) is 0 Å². The number of carbonyl (C=O) groups is 1. The van der Waals surface area contributed by atoms with Gasteiger partial charge in [-0.25, -0.2) is 0 Å². The summed E-state index contributed by atoms with van der Waals surface area (Å²) in [6, 6.07) is 18.5. The zero-order chi connectivity index (χ0) is 19.6. The Bertz CT molecular complexity index is 860. The number of aromatic nitrogens is 1. The van der Waals surface area contributed by atoms with Crippen molar-refractivity contribution in [1.29, 1.82) is 0 Å². The van der Waals surface area contributed by atoms with Gasteiger partial charge in [0, 0.05) is 43.9 Å². The second-order valence-corrected chi connectivity index (χ2v) is 6.93. The third-order valence-corrected chi connectivity index (χ3v) is 4.87. The highest BCUT2D eigenvalue weighted by Crippen LogP contribution is 2.18. The standard InChI is InChI=1S/C23H29N3O2/c1-28-15-7-13-24-17-23(27)26(18-19-8-3-2-4-9-19)14-12-20-16-25-22-11-6-5-10-21(20)22/h2-6,8-11,16,24-25H,7,12-15,17-18H2,1H3. The highest BCUT2D eigenvalue weighted by Gasteiger charge is 2.15. The number of methoxy groups -OCH3 is 1. The van der Waals surface area contributed by atoms with Crippen LogP contribution in [0, 0.1) is 0 Å². The molecule has 28 heavy (non-hydrogen) atoms. The summed E-state index contributed by atoms with van der Waals surface area (Å²) in [5.41, 5.74) is 3.53.